The number of para-hydroxylation sites is 2. The Labute approximate surface area is 204 Å². The zero-order valence-corrected chi connectivity index (χ0v) is 19.8. The highest BCUT2D eigenvalue weighted by Gasteiger charge is 2.17. The van der Waals surface area contributed by atoms with Crippen LogP contribution in [-0.2, 0) is 20.2 Å². The van der Waals surface area contributed by atoms with Crippen LogP contribution in [0.2, 0.25) is 10.0 Å². The molecule has 178 valence electrons. The molecule has 0 spiro atoms. The molecule has 14 heteroatoms. The summed E-state index contributed by atoms with van der Waals surface area (Å²) in [6.07, 6.45) is 2.19. The first-order valence-corrected chi connectivity index (χ1v) is 12.6. The average molecular weight is 545 g/mol. The number of hydrogen-bond donors (Lipinski definition) is 4. The standard InChI is InChI=1S/C20H14Cl2N2O8S2/c21-15-7-13(33(27,28)29)5-11(19(15)25)9-23-17-3-1-2-4-18(17)24-10-12-6-14(34(30,31)32)8-16(22)20(12)26/h1-10,25-26H,(H,27,28,29)(H,30,31,32). The quantitative estimate of drug-likeness (QED) is 0.260. The highest BCUT2D eigenvalue weighted by molar-refractivity contribution is 7.86. The first kappa shape index (κ1) is 25.6. The lowest BCUT2D eigenvalue weighted by molar-refractivity contribution is 0.470. The molecule has 0 fully saturated rings. The highest BCUT2D eigenvalue weighted by atomic mass is 35.5. The number of hydrogen-bond acceptors (Lipinski definition) is 8. The van der Waals surface area contributed by atoms with Gasteiger partial charge >= 0.3 is 0 Å². The van der Waals surface area contributed by atoms with Crippen molar-refractivity contribution in [1.29, 1.82) is 0 Å². The van der Waals surface area contributed by atoms with E-state index in [1.165, 1.54) is 12.1 Å². The molecule has 3 aromatic carbocycles. The van der Waals surface area contributed by atoms with Gasteiger partial charge in [-0.25, -0.2) is 0 Å². The lowest BCUT2D eigenvalue weighted by Gasteiger charge is -2.06. The van der Waals surface area contributed by atoms with Gasteiger partial charge in [0.05, 0.1) is 31.2 Å². The van der Waals surface area contributed by atoms with E-state index in [1.807, 2.05) is 0 Å². The van der Waals surface area contributed by atoms with Crippen molar-refractivity contribution >= 4 is 67.2 Å². The Morgan fingerprint density at radius 2 is 1.03 bits per heavy atom. The fourth-order valence-corrected chi connectivity index (χ4v) is 4.31. The third-order valence-electron chi connectivity index (χ3n) is 4.30. The van der Waals surface area contributed by atoms with E-state index in [0.29, 0.717) is 0 Å². The number of aliphatic imine (C=N–C) groups is 2. The first-order valence-electron chi connectivity index (χ1n) is 8.94. The lowest BCUT2D eigenvalue weighted by atomic mass is 10.2. The zero-order chi connectivity index (χ0) is 25.3. The minimum absolute atomic E-state index is 0.107. The van der Waals surface area contributed by atoms with Crippen LogP contribution in [0.15, 0.2) is 68.3 Å². The van der Waals surface area contributed by atoms with Crippen LogP contribution in [-0.4, -0.2) is 48.6 Å². The molecule has 0 radical (unpaired) electrons. The van der Waals surface area contributed by atoms with E-state index in [2.05, 4.69) is 9.98 Å². The van der Waals surface area contributed by atoms with Crippen LogP contribution in [0.3, 0.4) is 0 Å². The second-order valence-corrected chi connectivity index (χ2v) is 10.3. The molecular weight excluding hydrogens is 531 g/mol. The summed E-state index contributed by atoms with van der Waals surface area (Å²) in [6.45, 7) is 0. The van der Waals surface area contributed by atoms with Crippen LogP contribution in [0.1, 0.15) is 11.1 Å². The summed E-state index contributed by atoms with van der Waals surface area (Å²) in [5.41, 5.74) is 0.236. The Kier molecular flexibility index (Phi) is 7.31. The summed E-state index contributed by atoms with van der Waals surface area (Å²) in [7, 11) is -9.18. The molecule has 0 aliphatic heterocycles. The van der Waals surface area contributed by atoms with Gasteiger partial charge < -0.3 is 10.2 Å². The maximum absolute atomic E-state index is 11.4. The summed E-state index contributed by atoms with van der Waals surface area (Å²) in [6, 6.07) is 9.95. The van der Waals surface area contributed by atoms with Crippen molar-refractivity contribution in [2.45, 2.75) is 9.79 Å². The number of nitrogens with zero attached hydrogens (tertiary/aromatic N) is 2. The summed E-state index contributed by atoms with van der Waals surface area (Å²) >= 11 is 11.6. The molecular formula is C20H14Cl2N2O8S2. The predicted octanol–water partition coefficient (Wildman–Crippen LogP) is 4.40. The highest BCUT2D eigenvalue weighted by Crippen LogP contribution is 2.33. The normalized spacial score (nSPS) is 12.6. The zero-order valence-electron chi connectivity index (χ0n) is 16.7. The van der Waals surface area contributed by atoms with Crippen molar-refractivity contribution in [2.24, 2.45) is 9.98 Å². The molecule has 0 aliphatic rings. The van der Waals surface area contributed by atoms with Crippen LogP contribution in [0.25, 0.3) is 0 Å². The fourth-order valence-electron chi connectivity index (χ4n) is 2.64. The Morgan fingerprint density at radius 1 is 0.676 bits per heavy atom. The van der Waals surface area contributed by atoms with Crippen molar-refractivity contribution in [1.82, 2.24) is 0 Å². The first-order chi connectivity index (χ1) is 15.8. The fraction of sp³-hybridized carbons (Fsp3) is 0. The van der Waals surface area contributed by atoms with Crippen molar-refractivity contribution in [3.8, 4) is 11.5 Å². The summed E-state index contributed by atoms with van der Waals surface area (Å²) < 4.78 is 64.1. The van der Waals surface area contributed by atoms with E-state index in [-0.39, 0.29) is 32.5 Å². The Hall–Kier alpha value is -3.00. The van der Waals surface area contributed by atoms with Gasteiger partial charge in [0.15, 0.2) is 0 Å². The molecule has 34 heavy (non-hydrogen) atoms. The van der Waals surface area contributed by atoms with Crippen LogP contribution in [0.5, 0.6) is 11.5 Å². The second-order valence-electron chi connectivity index (χ2n) is 6.64. The van der Waals surface area contributed by atoms with Crippen molar-refractivity contribution < 1.29 is 36.2 Å². The van der Waals surface area contributed by atoms with Gasteiger partial charge in [-0.2, -0.15) is 16.8 Å². The molecule has 0 amide bonds. The van der Waals surface area contributed by atoms with E-state index < -0.39 is 41.5 Å². The molecule has 0 atom stereocenters. The minimum Gasteiger partial charge on any atom is -0.506 e. The van der Waals surface area contributed by atoms with Gasteiger partial charge in [-0.1, -0.05) is 35.3 Å². The second kappa shape index (κ2) is 9.70. The van der Waals surface area contributed by atoms with Crippen molar-refractivity contribution in [2.75, 3.05) is 0 Å². The molecule has 4 N–H and O–H groups in total. The van der Waals surface area contributed by atoms with Gasteiger partial charge in [0.2, 0.25) is 0 Å². The molecule has 0 unspecified atom stereocenters. The molecule has 0 saturated carbocycles. The number of aromatic hydroxyl groups is 2. The maximum Gasteiger partial charge on any atom is 0.294 e. The monoisotopic (exact) mass is 544 g/mol. The molecule has 0 aliphatic carbocycles. The van der Waals surface area contributed by atoms with Gasteiger partial charge in [-0.15, -0.1) is 0 Å². The third kappa shape index (κ3) is 5.91. The lowest BCUT2D eigenvalue weighted by Crippen LogP contribution is -1.99. The van der Waals surface area contributed by atoms with E-state index >= 15 is 0 Å². The van der Waals surface area contributed by atoms with Gasteiger partial charge in [-0.3, -0.25) is 19.1 Å². The van der Waals surface area contributed by atoms with Gasteiger partial charge in [-0.05, 0) is 36.4 Å². The summed E-state index contributed by atoms with van der Waals surface area (Å²) in [5, 5.41) is 19.5. The van der Waals surface area contributed by atoms with E-state index in [4.69, 9.17) is 23.2 Å². The van der Waals surface area contributed by atoms with Crippen LogP contribution < -0.4 is 0 Å². The van der Waals surface area contributed by atoms with Crippen molar-refractivity contribution in [3.63, 3.8) is 0 Å². The van der Waals surface area contributed by atoms with E-state index in [9.17, 15) is 36.2 Å². The average Bonchev–Trinajstić information content (AvgIpc) is 2.74. The van der Waals surface area contributed by atoms with Gasteiger partial charge in [0, 0.05) is 23.6 Å². The van der Waals surface area contributed by atoms with Crippen LogP contribution in [0, 0.1) is 0 Å². The van der Waals surface area contributed by atoms with Gasteiger partial charge in [0.1, 0.15) is 11.5 Å². The molecule has 0 heterocycles. The van der Waals surface area contributed by atoms with Crippen molar-refractivity contribution in [3.05, 3.63) is 69.7 Å². The SMILES string of the molecule is O=S(=O)(O)c1cc(Cl)c(O)c(C=Nc2ccccc2N=Cc2cc(S(=O)(=O)O)cc(Cl)c2O)c1. The number of phenols is 2. The topological polar surface area (TPSA) is 174 Å². The van der Waals surface area contributed by atoms with E-state index in [1.54, 1.807) is 12.1 Å². The molecule has 0 saturated heterocycles. The Bertz CT molecular complexity index is 1440. The molecule has 3 rings (SSSR count). The molecule has 10 nitrogen and oxygen atoms in total. The van der Waals surface area contributed by atoms with Gasteiger partial charge in [0.25, 0.3) is 20.2 Å². The maximum atomic E-state index is 11.4. The number of rotatable bonds is 6. The summed E-state index contributed by atoms with van der Waals surface area (Å²) in [4.78, 5) is 7.21. The molecule has 0 aromatic heterocycles. The Morgan fingerprint density at radius 3 is 1.35 bits per heavy atom. The number of phenolic OH excluding ortho intramolecular Hbond substituents is 2. The third-order valence-corrected chi connectivity index (χ3v) is 6.53. The number of halogens is 2. The van der Waals surface area contributed by atoms with Crippen LogP contribution in [0.4, 0.5) is 11.4 Å². The smallest absolute Gasteiger partial charge is 0.294 e. The Balaban J connectivity index is 2.02. The van der Waals surface area contributed by atoms with E-state index in [0.717, 1.165) is 36.7 Å². The minimum atomic E-state index is -4.59. The van der Waals surface area contributed by atoms with Crippen LogP contribution >= 0.6 is 23.2 Å². The summed E-state index contributed by atoms with van der Waals surface area (Å²) in [5.74, 6) is -0.944. The number of benzene rings is 3. The molecule has 3 aromatic rings. The largest absolute Gasteiger partial charge is 0.506 e. The molecule has 0 bridgehead atoms. The predicted molar refractivity (Wildman–Crippen MR) is 127 cm³/mol.